The molecule has 2 saturated heterocycles. The molecule has 2 fully saturated rings. The standard InChI is InChI=1S/C23H21F4NO4/c24-20-10-16(23(25,26)27)6-7-19(20)21(29)15-8-17-12-31-13-18(9-15)28(17)22(30)32-11-14-4-2-1-3-5-14/h1-7,10,15,17-18H,8-9,11-13H2. The summed E-state index contributed by atoms with van der Waals surface area (Å²) in [6.45, 7) is 0.516. The Morgan fingerprint density at radius 1 is 1.03 bits per heavy atom. The monoisotopic (exact) mass is 451 g/mol. The van der Waals surface area contributed by atoms with Crippen molar-refractivity contribution in [2.24, 2.45) is 5.92 Å². The Bertz CT molecular complexity index is 981. The number of alkyl halides is 3. The topological polar surface area (TPSA) is 55.8 Å². The molecule has 0 N–H and O–H groups in total. The Labute approximate surface area is 181 Å². The molecule has 2 aromatic rings. The second-order valence-electron chi connectivity index (χ2n) is 8.02. The van der Waals surface area contributed by atoms with Crippen molar-refractivity contribution in [1.82, 2.24) is 4.90 Å². The number of morpholine rings is 1. The molecular formula is C23H21F4NO4. The highest BCUT2D eigenvalue weighted by Crippen LogP contribution is 2.36. The summed E-state index contributed by atoms with van der Waals surface area (Å²) in [6.07, 6.45) is -4.77. The van der Waals surface area contributed by atoms with E-state index < -0.39 is 47.4 Å². The van der Waals surface area contributed by atoms with Gasteiger partial charge in [0.1, 0.15) is 12.4 Å². The lowest BCUT2D eigenvalue weighted by Crippen LogP contribution is -2.60. The maximum atomic E-state index is 14.3. The number of nitrogens with zero attached hydrogens (tertiary/aromatic N) is 1. The number of amides is 1. The number of halogens is 4. The van der Waals surface area contributed by atoms with Crippen molar-refractivity contribution in [2.75, 3.05) is 13.2 Å². The van der Waals surface area contributed by atoms with Crippen LogP contribution in [0.25, 0.3) is 0 Å². The van der Waals surface area contributed by atoms with E-state index in [0.717, 1.165) is 11.6 Å². The van der Waals surface area contributed by atoms with E-state index >= 15 is 0 Å². The van der Waals surface area contributed by atoms with Crippen molar-refractivity contribution < 1.29 is 36.6 Å². The quantitative estimate of drug-likeness (QED) is 0.493. The van der Waals surface area contributed by atoms with E-state index in [-0.39, 0.29) is 38.2 Å². The van der Waals surface area contributed by atoms with Crippen LogP contribution >= 0.6 is 0 Å². The number of carbonyl (C=O) groups excluding carboxylic acids is 2. The molecule has 4 rings (SSSR count). The molecule has 2 bridgehead atoms. The number of rotatable bonds is 4. The Morgan fingerprint density at radius 3 is 2.28 bits per heavy atom. The average molecular weight is 451 g/mol. The van der Waals surface area contributed by atoms with E-state index in [4.69, 9.17) is 9.47 Å². The number of fused-ring (bicyclic) bond motifs is 2. The number of hydrogen-bond donors (Lipinski definition) is 0. The van der Waals surface area contributed by atoms with Gasteiger partial charge in [0.15, 0.2) is 5.78 Å². The van der Waals surface area contributed by atoms with Gasteiger partial charge >= 0.3 is 12.3 Å². The largest absolute Gasteiger partial charge is 0.445 e. The lowest BCUT2D eigenvalue weighted by molar-refractivity contribution is -0.137. The summed E-state index contributed by atoms with van der Waals surface area (Å²) in [4.78, 5) is 27.2. The Morgan fingerprint density at radius 2 is 1.69 bits per heavy atom. The van der Waals surface area contributed by atoms with Crippen LogP contribution in [0.3, 0.4) is 0 Å². The molecular weight excluding hydrogens is 430 g/mol. The van der Waals surface area contributed by atoms with E-state index in [2.05, 4.69) is 0 Å². The summed E-state index contributed by atoms with van der Waals surface area (Å²) in [5.74, 6) is -2.39. The van der Waals surface area contributed by atoms with Crippen LogP contribution in [0.2, 0.25) is 0 Å². The summed E-state index contributed by atoms with van der Waals surface area (Å²) in [6, 6.07) is 10.3. The van der Waals surface area contributed by atoms with E-state index in [1.54, 1.807) is 4.90 Å². The van der Waals surface area contributed by atoms with Gasteiger partial charge in [0.25, 0.3) is 0 Å². The number of Topliss-reactive ketones (excluding diaryl/α,β-unsaturated/α-hetero) is 1. The lowest BCUT2D eigenvalue weighted by Gasteiger charge is -2.47. The first-order chi connectivity index (χ1) is 15.2. The van der Waals surface area contributed by atoms with Crippen LogP contribution in [0.15, 0.2) is 48.5 Å². The SMILES string of the molecule is O=C(c1ccc(C(F)(F)F)cc1F)C1CC2COCC(C1)N2C(=O)OCc1ccccc1. The fraction of sp³-hybridized carbons (Fsp3) is 0.391. The molecule has 9 heteroatoms. The number of ether oxygens (including phenoxy) is 2. The van der Waals surface area contributed by atoms with Crippen molar-refractivity contribution in [1.29, 1.82) is 0 Å². The summed E-state index contributed by atoms with van der Waals surface area (Å²) >= 11 is 0. The minimum atomic E-state index is -4.69. The highest BCUT2D eigenvalue weighted by Gasteiger charge is 2.45. The van der Waals surface area contributed by atoms with Gasteiger partial charge in [0.05, 0.1) is 36.4 Å². The molecule has 32 heavy (non-hydrogen) atoms. The van der Waals surface area contributed by atoms with Gasteiger partial charge in [-0.2, -0.15) is 13.2 Å². The highest BCUT2D eigenvalue weighted by atomic mass is 19.4. The third-order valence-electron chi connectivity index (χ3n) is 5.87. The maximum Gasteiger partial charge on any atom is 0.416 e. The van der Waals surface area contributed by atoms with E-state index in [1.807, 2.05) is 30.3 Å². The zero-order valence-electron chi connectivity index (χ0n) is 17.0. The molecule has 2 heterocycles. The van der Waals surface area contributed by atoms with Gasteiger partial charge in [-0.25, -0.2) is 9.18 Å². The van der Waals surface area contributed by atoms with Crippen LogP contribution in [0.5, 0.6) is 0 Å². The summed E-state index contributed by atoms with van der Waals surface area (Å²) in [5.41, 5.74) is -0.681. The van der Waals surface area contributed by atoms with Gasteiger partial charge in [0, 0.05) is 5.92 Å². The fourth-order valence-electron chi connectivity index (χ4n) is 4.33. The van der Waals surface area contributed by atoms with Gasteiger partial charge < -0.3 is 9.47 Å². The molecule has 2 atom stereocenters. The number of carbonyl (C=O) groups is 2. The van der Waals surface area contributed by atoms with Crippen molar-refractivity contribution in [3.05, 3.63) is 71.0 Å². The van der Waals surface area contributed by atoms with Gasteiger partial charge in [0.2, 0.25) is 0 Å². The minimum Gasteiger partial charge on any atom is -0.445 e. The third kappa shape index (κ3) is 4.62. The summed E-state index contributed by atoms with van der Waals surface area (Å²) < 4.78 is 63.6. The molecule has 170 valence electrons. The predicted molar refractivity (Wildman–Crippen MR) is 105 cm³/mol. The predicted octanol–water partition coefficient (Wildman–Crippen LogP) is 4.84. The second-order valence-corrected chi connectivity index (χ2v) is 8.02. The number of benzene rings is 2. The second kappa shape index (κ2) is 8.90. The number of piperidine rings is 1. The van der Waals surface area contributed by atoms with Crippen molar-refractivity contribution in [3.8, 4) is 0 Å². The average Bonchev–Trinajstić information content (AvgIpc) is 2.76. The van der Waals surface area contributed by atoms with Crippen LogP contribution in [0.4, 0.5) is 22.4 Å². The molecule has 0 spiro atoms. The third-order valence-corrected chi connectivity index (χ3v) is 5.87. The van der Waals surface area contributed by atoms with Crippen molar-refractivity contribution in [2.45, 2.75) is 37.7 Å². The molecule has 0 aromatic heterocycles. The maximum absolute atomic E-state index is 14.3. The molecule has 0 radical (unpaired) electrons. The Kier molecular flexibility index (Phi) is 6.19. The minimum absolute atomic E-state index is 0.107. The number of hydrogen-bond acceptors (Lipinski definition) is 4. The zero-order chi connectivity index (χ0) is 22.9. The highest BCUT2D eigenvalue weighted by molar-refractivity contribution is 5.98. The van der Waals surface area contributed by atoms with Crippen LogP contribution < -0.4 is 0 Å². The first-order valence-electron chi connectivity index (χ1n) is 10.2. The van der Waals surface area contributed by atoms with Crippen LogP contribution in [-0.2, 0) is 22.3 Å². The van der Waals surface area contributed by atoms with Crippen LogP contribution in [0, 0.1) is 11.7 Å². The molecule has 0 saturated carbocycles. The van der Waals surface area contributed by atoms with E-state index in [1.165, 1.54) is 0 Å². The molecule has 2 aliphatic heterocycles. The molecule has 5 nitrogen and oxygen atoms in total. The smallest absolute Gasteiger partial charge is 0.416 e. The molecule has 2 unspecified atom stereocenters. The molecule has 1 amide bonds. The van der Waals surface area contributed by atoms with E-state index in [9.17, 15) is 27.2 Å². The van der Waals surface area contributed by atoms with Crippen LogP contribution in [-0.4, -0.2) is 42.1 Å². The van der Waals surface area contributed by atoms with Crippen LogP contribution in [0.1, 0.15) is 34.3 Å². The zero-order valence-corrected chi connectivity index (χ0v) is 17.0. The molecule has 2 aliphatic rings. The molecule has 0 aliphatic carbocycles. The first kappa shape index (κ1) is 22.3. The lowest BCUT2D eigenvalue weighted by atomic mass is 9.80. The van der Waals surface area contributed by atoms with E-state index in [0.29, 0.717) is 12.1 Å². The number of ketones is 1. The van der Waals surface area contributed by atoms with Gasteiger partial charge in [-0.3, -0.25) is 9.69 Å². The normalized spacial score (nSPS) is 23.0. The molecule has 2 aromatic carbocycles. The Balaban J connectivity index is 1.45. The van der Waals surface area contributed by atoms with Crippen molar-refractivity contribution >= 4 is 11.9 Å². The summed E-state index contributed by atoms with van der Waals surface area (Å²) in [5, 5.41) is 0. The summed E-state index contributed by atoms with van der Waals surface area (Å²) in [7, 11) is 0. The first-order valence-corrected chi connectivity index (χ1v) is 10.2. The van der Waals surface area contributed by atoms with Gasteiger partial charge in [-0.05, 0) is 36.6 Å². The Hall–Kier alpha value is -2.94. The van der Waals surface area contributed by atoms with Gasteiger partial charge in [-0.15, -0.1) is 0 Å². The fourth-order valence-corrected chi connectivity index (χ4v) is 4.33. The van der Waals surface area contributed by atoms with Gasteiger partial charge in [-0.1, -0.05) is 30.3 Å². The van der Waals surface area contributed by atoms with Crippen molar-refractivity contribution in [3.63, 3.8) is 0 Å².